The van der Waals surface area contributed by atoms with E-state index >= 15 is 0 Å². The summed E-state index contributed by atoms with van der Waals surface area (Å²) >= 11 is 0. The molecule has 4 N–H and O–H groups in total. The van der Waals surface area contributed by atoms with Gasteiger partial charge in [0.15, 0.2) is 0 Å². The highest BCUT2D eigenvalue weighted by atomic mass is 16.1. The third kappa shape index (κ3) is 3.89. The van der Waals surface area contributed by atoms with Gasteiger partial charge >= 0.3 is 0 Å². The Labute approximate surface area is 121 Å². The zero-order valence-corrected chi connectivity index (χ0v) is 12.5. The van der Waals surface area contributed by atoms with Gasteiger partial charge in [-0.25, -0.2) is 0 Å². The van der Waals surface area contributed by atoms with E-state index in [1.165, 1.54) is 12.8 Å². The predicted octanol–water partition coefficient (Wildman–Crippen LogP) is 3.39. The van der Waals surface area contributed by atoms with E-state index in [1.54, 1.807) is 0 Å². The van der Waals surface area contributed by atoms with Crippen LogP contribution < -0.4 is 16.4 Å². The van der Waals surface area contributed by atoms with Crippen molar-refractivity contribution in [3.63, 3.8) is 0 Å². The molecule has 4 heteroatoms. The lowest BCUT2D eigenvalue weighted by molar-refractivity contribution is -0.116. The van der Waals surface area contributed by atoms with Crippen LogP contribution in [0.1, 0.15) is 45.1 Å². The van der Waals surface area contributed by atoms with E-state index < -0.39 is 0 Å². The zero-order valence-electron chi connectivity index (χ0n) is 12.5. The topological polar surface area (TPSA) is 67.1 Å². The van der Waals surface area contributed by atoms with Crippen LogP contribution in [0.15, 0.2) is 12.1 Å². The lowest BCUT2D eigenvalue weighted by Gasteiger charge is -2.20. The van der Waals surface area contributed by atoms with Gasteiger partial charge in [0.1, 0.15) is 0 Å². The van der Waals surface area contributed by atoms with Crippen molar-refractivity contribution in [2.24, 2.45) is 5.92 Å². The molecule has 0 saturated carbocycles. The quantitative estimate of drug-likeness (QED) is 0.550. The van der Waals surface area contributed by atoms with Gasteiger partial charge in [0.25, 0.3) is 0 Å². The van der Waals surface area contributed by atoms with Gasteiger partial charge in [0.05, 0.1) is 11.4 Å². The van der Waals surface area contributed by atoms with Gasteiger partial charge in [0, 0.05) is 18.7 Å². The summed E-state index contributed by atoms with van der Waals surface area (Å²) in [6, 6.07) is 3.94. The largest absolute Gasteiger partial charge is 0.397 e. The van der Waals surface area contributed by atoms with Crippen LogP contribution in [0.25, 0.3) is 0 Å². The number of hydrogen-bond donors (Lipinski definition) is 3. The number of benzene rings is 1. The molecule has 1 aromatic rings. The number of nitrogens with two attached hydrogens (primary N) is 1. The third-order valence-corrected chi connectivity index (χ3v) is 3.69. The highest BCUT2D eigenvalue weighted by molar-refractivity contribution is 5.95. The van der Waals surface area contributed by atoms with Crippen LogP contribution in [0.2, 0.25) is 0 Å². The molecule has 0 bridgehead atoms. The fourth-order valence-corrected chi connectivity index (χ4v) is 2.50. The Morgan fingerprint density at radius 3 is 2.85 bits per heavy atom. The molecule has 0 spiro atoms. The van der Waals surface area contributed by atoms with Crippen molar-refractivity contribution in [2.75, 3.05) is 22.9 Å². The molecular formula is C16H25N3O. The average Bonchev–Trinajstić information content (AvgIpc) is 2.39. The monoisotopic (exact) mass is 275 g/mol. The van der Waals surface area contributed by atoms with Gasteiger partial charge in [-0.3, -0.25) is 4.79 Å². The second-order valence-corrected chi connectivity index (χ2v) is 5.96. The van der Waals surface area contributed by atoms with Crippen molar-refractivity contribution in [3.05, 3.63) is 17.7 Å². The Morgan fingerprint density at radius 1 is 1.30 bits per heavy atom. The van der Waals surface area contributed by atoms with Gasteiger partial charge in [-0.15, -0.1) is 0 Å². The van der Waals surface area contributed by atoms with Crippen molar-refractivity contribution >= 4 is 23.0 Å². The molecule has 0 saturated heterocycles. The first-order valence-electron chi connectivity index (χ1n) is 7.52. The predicted molar refractivity (Wildman–Crippen MR) is 85.0 cm³/mol. The highest BCUT2D eigenvalue weighted by Crippen LogP contribution is 2.31. The normalized spacial score (nSPS) is 14.1. The first kappa shape index (κ1) is 14.7. The standard InChI is InChI=1S/C16H25N3O/c1-11(2)5-3-4-8-18-15-10-14-12(9-13(15)17)6-7-16(20)19-14/h9-11,18H,3-8,17H2,1-2H3,(H,19,20). The molecule has 1 aliphatic rings. The number of fused-ring (bicyclic) bond motifs is 1. The van der Waals surface area contributed by atoms with Crippen LogP contribution in [-0.4, -0.2) is 12.5 Å². The highest BCUT2D eigenvalue weighted by Gasteiger charge is 2.16. The van der Waals surface area contributed by atoms with Gasteiger partial charge in [-0.2, -0.15) is 0 Å². The van der Waals surface area contributed by atoms with Crippen molar-refractivity contribution in [1.82, 2.24) is 0 Å². The SMILES string of the molecule is CC(C)CCCCNc1cc2c(cc1N)CCC(=O)N2. The minimum absolute atomic E-state index is 0.0881. The van der Waals surface area contributed by atoms with Crippen molar-refractivity contribution < 1.29 is 4.79 Å². The van der Waals surface area contributed by atoms with Crippen LogP contribution in [0.4, 0.5) is 17.1 Å². The Morgan fingerprint density at radius 2 is 2.10 bits per heavy atom. The van der Waals surface area contributed by atoms with Crippen molar-refractivity contribution in [1.29, 1.82) is 0 Å². The number of anilines is 3. The minimum atomic E-state index is 0.0881. The summed E-state index contributed by atoms with van der Waals surface area (Å²) in [6.45, 7) is 5.42. The van der Waals surface area contributed by atoms with Crippen LogP contribution in [0.3, 0.4) is 0 Å². The molecule has 1 amide bonds. The fraction of sp³-hybridized carbons (Fsp3) is 0.562. The average molecular weight is 275 g/mol. The number of amides is 1. The Bertz CT molecular complexity index is 483. The van der Waals surface area contributed by atoms with Crippen LogP contribution in [0, 0.1) is 5.92 Å². The Hall–Kier alpha value is -1.71. The summed E-state index contributed by atoms with van der Waals surface area (Å²) in [5.74, 6) is 0.851. The molecule has 4 nitrogen and oxygen atoms in total. The minimum Gasteiger partial charge on any atom is -0.397 e. The number of carbonyl (C=O) groups excluding carboxylic acids is 1. The van der Waals surface area contributed by atoms with Crippen molar-refractivity contribution in [3.8, 4) is 0 Å². The second-order valence-electron chi connectivity index (χ2n) is 5.96. The summed E-state index contributed by atoms with van der Waals surface area (Å²) in [4.78, 5) is 11.4. The van der Waals surface area contributed by atoms with E-state index in [-0.39, 0.29) is 5.91 Å². The summed E-state index contributed by atoms with van der Waals surface area (Å²) < 4.78 is 0. The first-order valence-corrected chi connectivity index (χ1v) is 7.52. The van der Waals surface area contributed by atoms with Gasteiger partial charge in [-0.05, 0) is 36.5 Å². The number of nitrogens with one attached hydrogen (secondary N) is 2. The second kappa shape index (κ2) is 6.64. The van der Waals surface area contributed by atoms with Gasteiger partial charge < -0.3 is 16.4 Å². The van der Waals surface area contributed by atoms with Gasteiger partial charge in [-0.1, -0.05) is 26.7 Å². The van der Waals surface area contributed by atoms with E-state index in [4.69, 9.17) is 5.73 Å². The van der Waals surface area contributed by atoms with Gasteiger partial charge in [0.2, 0.25) is 5.91 Å². The van der Waals surface area contributed by atoms with E-state index in [0.29, 0.717) is 6.42 Å². The number of aryl methyl sites for hydroxylation is 1. The number of rotatable bonds is 6. The maximum atomic E-state index is 11.4. The molecule has 1 heterocycles. The molecule has 20 heavy (non-hydrogen) atoms. The van der Waals surface area contributed by atoms with Crippen molar-refractivity contribution in [2.45, 2.75) is 46.0 Å². The fourth-order valence-electron chi connectivity index (χ4n) is 2.50. The summed E-state index contributed by atoms with van der Waals surface area (Å²) in [7, 11) is 0. The molecular weight excluding hydrogens is 250 g/mol. The summed E-state index contributed by atoms with van der Waals surface area (Å²) in [5.41, 5.74) is 9.80. The van der Waals surface area contributed by atoms with Crippen LogP contribution in [0.5, 0.6) is 0 Å². The molecule has 0 aromatic heterocycles. The summed E-state index contributed by atoms with van der Waals surface area (Å²) in [6.07, 6.45) is 4.96. The molecule has 1 aliphatic heterocycles. The van der Waals surface area contributed by atoms with E-state index in [2.05, 4.69) is 24.5 Å². The molecule has 0 unspecified atom stereocenters. The number of unbranched alkanes of at least 4 members (excludes halogenated alkanes) is 1. The smallest absolute Gasteiger partial charge is 0.224 e. The zero-order chi connectivity index (χ0) is 14.5. The summed E-state index contributed by atoms with van der Waals surface area (Å²) in [5, 5.41) is 6.28. The molecule has 0 atom stereocenters. The Balaban J connectivity index is 1.91. The van der Waals surface area contributed by atoms with Crippen LogP contribution >= 0.6 is 0 Å². The molecule has 110 valence electrons. The van der Waals surface area contributed by atoms with E-state index in [9.17, 15) is 4.79 Å². The number of nitrogen functional groups attached to an aromatic ring is 1. The first-order chi connectivity index (χ1) is 9.56. The van der Waals surface area contributed by atoms with E-state index in [0.717, 1.165) is 47.9 Å². The molecule has 0 radical (unpaired) electrons. The molecule has 0 fully saturated rings. The number of hydrogen-bond acceptors (Lipinski definition) is 3. The van der Waals surface area contributed by atoms with Crippen LogP contribution in [-0.2, 0) is 11.2 Å². The number of carbonyl (C=O) groups is 1. The molecule has 0 aliphatic carbocycles. The maximum absolute atomic E-state index is 11.4. The lowest BCUT2D eigenvalue weighted by Crippen LogP contribution is -2.19. The molecule has 1 aromatic carbocycles. The third-order valence-electron chi connectivity index (χ3n) is 3.69. The Kier molecular flexibility index (Phi) is 4.88. The lowest BCUT2D eigenvalue weighted by atomic mass is 10.0. The van der Waals surface area contributed by atoms with E-state index in [1.807, 2.05) is 12.1 Å². The molecule has 2 rings (SSSR count). The maximum Gasteiger partial charge on any atom is 0.224 e.